The Kier molecular flexibility index (Phi) is 5.65. The van der Waals surface area contributed by atoms with E-state index in [1.165, 1.54) is 24.3 Å². The van der Waals surface area contributed by atoms with Crippen molar-refractivity contribution in [1.82, 2.24) is 9.78 Å². The van der Waals surface area contributed by atoms with E-state index < -0.39 is 28.8 Å². The smallest absolute Gasteiger partial charge is 0.381 e. The minimum atomic E-state index is -4.76. The molecule has 3 rings (SSSR count). The van der Waals surface area contributed by atoms with Gasteiger partial charge < -0.3 is 5.32 Å². The molecule has 4 nitrogen and oxygen atoms in total. The lowest BCUT2D eigenvalue weighted by molar-refractivity contribution is -0.144. The van der Waals surface area contributed by atoms with Gasteiger partial charge in [0, 0.05) is 30.9 Å². The minimum Gasteiger partial charge on any atom is -0.381 e. The molecule has 0 atom stereocenters. The van der Waals surface area contributed by atoms with Gasteiger partial charge in [0.15, 0.2) is 0 Å². The van der Waals surface area contributed by atoms with Crippen molar-refractivity contribution in [2.45, 2.75) is 26.6 Å². The summed E-state index contributed by atoms with van der Waals surface area (Å²) >= 11 is 0. The van der Waals surface area contributed by atoms with Crippen molar-refractivity contribution in [2.75, 3.05) is 5.32 Å². The van der Waals surface area contributed by atoms with E-state index in [2.05, 4.69) is 10.4 Å². The number of hydrogen-bond donors (Lipinski definition) is 1. The summed E-state index contributed by atoms with van der Waals surface area (Å²) in [4.78, 5) is 12.3. The Morgan fingerprint density at radius 1 is 1.03 bits per heavy atom. The molecular formula is C21H18F5N3O. The number of aromatic nitrogens is 2. The molecule has 0 saturated carbocycles. The van der Waals surface area contributed by atoms with Crippen LogP contribution in [0.1, 0.15) is 22.4 Å². The minimum absolute atomic E-state index is 0.192. The van der Waals surface area contributed by atoms with Gasteiger partial charge in [-0.2, -0.15) is 18.3 Å². The van der Waals surface area contributed by atoms with Gasteiger partial charge in [-0.05, 0) is 60.9 Å². The molecule has 1 N–H and O–H groups in total. The second kappa shape index (κ2) is 7.89. The molecule has 0 radical (unpaired) electrons. The normalized spacial score (nSPS) is 11.6. The van der Waals surface area contributed by atoms with Crippen LogP contribution in [0.25, 0.3) is 11.3 Å². The summed E-state index contributed by atoms with van der Waals surface area (Å²) in [7, 11) is 1.04. The second-order valence-corrected chi connectivity index (χ2v) is 6.94. The van der Waals surface area contributed by atoms with Gasteiger partial charge in [0.05, 0.1) is 0 Å². The largest absolute Gasteiger partial charge is 0.433 e. The van der Waals surface area contributed by atoms with Crippen LogP contribution >= 0.6 is 0 Å². The maximum absolute atomic E-state index is 14.6. The summed E-state index contributed by atoms with van der Waals surface area (Å²) in [6, 6.07) is 7.21. The van der Waals surface area contributed by atoms with Crippen molar-refractivity contribution in [2.24, 2.45) is 7.05 Å². The summed E-state index contributed by atoms with van der Waals surface area (Å²) in [6.07, 6.45) is -4.76. The number of nitrogens with zero attached hydrogens (tertiary/aromatic N) is 2. The van der Waals surface area contributed by atoms with Crippen LogP contribution in [0.15, 0.2) is 41.2 Å². The van der Waals surface area contributed by atoms with Crippen LogP contribution < -0.4 is 10.7 Å². The maximum Gasteiger partial charge on any atom is 0.433 e. The van der Waals surface area contributed by atoms with Gasteiger partial charge in [0.1, 0.15) is 23.0 Å². The first-order chi connectivity index (χ1) is 14.0. The van der Waals surface area contributed by atoms with Crippen LogP contribution in [0, 0.1) is 25.5 Å². The first-order valence-electron chi connectivity index (χ1n) is 8.92. The lowest BCUT2D eigenvalue weighted by atomic mass is 10.0. The average molecular weight is 423 g/mol. The number of benzene rings is 2. The number of anilines is 1. The van der Waals surface area contributed by atoms with E-state index in [0.29, 0.717) is 33.1 Å². The summed E-state index contributed by atoms with van der Waals surface area (Å²) in [5.74, 6) is -1.14. The van der Waals surface area contributed by atoms with Crippen molar-refractivity contribution >= 4 is 5.69 Å². The molecule has 158 valence electrons. The number of rotatable bonds is 4. The third kappa shape index (κ3) is 4.34. The van der Waals surface area contributed by atoms with Crippen molar-refractivity contribution in [3.63, 3.8) is 0 Å². The molecule has 30 heavy (non-hydrogen) atoms. The van der Waals surface area contributed by atoms with E-state index in [9.17, 15) is 26.7 Å². The lowest BCUT2D eigenvalue weighted by Crippen LogP contribution is -2.23. The third-order valence-corrected chi connectivity index (χ3v) is 4.73. The Hall–Kier alpha value is -3.23. The zero-order valence-electron chi connectivity index (χ0n) is 16.4. The fraction of sp³-hybridized carbons (Fsp3) is 0.238. The topological polar surface area (TPSA) is 46.9 Å². The Bertz CT molecular complexity index is 1170. The van der Waals surface area contributed by atoms with E-state index in [-0.39, 0.29) is 17.9 Å². The molecule has 9 heteroatoms. The summed E-state index contributed by atoms with van der Waals surface area (Å²) in [6.45, 7) is 3.62. The second-order valence-electron chi connectivity index (χ2n) is 6.94. The standard InChI is InChI=1S/C21H18F5N3O/c1-11-7-16(23)15(20-18(30)9-19(21(24,25)26)29(3)28-20)8-13(11)10-27-17-5-4-14(22)6-12(17)2/h4-9,27H,10H2,1-3H3. The fourth-order valence-corrected chi connectivity index (χ4v) is 3.10. The van der Waals surface area contributed by atoms with E-state index in [1.54, 1.807) is 19.9 Å². The lowest BCUT2D eigenvalue weighted by Gasteiger charge is -2.15. The highest BCUT2D eigenvalue weighted by Gasteiger charge is 2.34. The van der Waals surface area contributed by atoms with Gasteiger partial charge in [-0.15, -0.1) is 0 Å². The van der Waals surface area contributed by atoms with Crippen molar-refractivity contribution < 1.29 is 22.0 Å². The molecule has 0 aliphatic heterocycles. The van der Waals surface area contributed by atoms with Crippen LogP contribution in [0.4, 0.5) is 27.6 Å². The molecule has 0 aliphatic rings. The highest BCUT2D eigenvalue weighted by Crippen LogP contribution is 2.29. The van der Waals surface area contributed by atoms with Gasteiger partial charge in [0.25, 0.3) is 0 Å². The summed E-state index contributed by atoms with van der Waals surface area (Å²) in [5, 5.41) is 6.77. The van der Waals surface area contributed by atoms with Crippen molar-refractivity contribution in [3.05, 3.63) is 80.6 Å². The first kappa shape index (κ1) is 21.5. The highest BCUT2D eigenvalue weighted by atomic mass is 19.4. The Labute approximate surface area is 169 Å². The Morgan fingerprint density at radius 3 is 2.37 bits per heavy atom. The SMILES string of the molecule is Cc1cc(F)c(-c2nn(C)c(C(F)(F)F)cc2=O)cc1CNc1ccc(F)cc1C. The predicted octanol–water partition coefficient (Wildman–Crippen LogP) is 4.97. The van der Waals surface area contributed by atoms with Gasteiger partial charge >= 0.3 is 6.18 Å². The van der Waals surface area contributed by atoms with Crippen LogP contribution in [0.2, 0.25) is 0 Å². The van der Waals surface area contributed by atoms with Crippen LogP contribution in [0.3, 0.4) is 0 Å². The highest BCUT2D eigenvalue weighted by molar-refractivity contribution is 5.62. The van der Waals surface area contributed by atoms with Crippen LogP contribution in [0.5, 0.6) is 0 Å². The monoisotopic (exact) mass is 423 g/mol. The third-order valence-electron chi connectivity index (χ3n) is 4.73. The van der Waals surface area contributed by atoms with Gasteiger partial charge in [-0.1, -0.05) is 0 Å². The molecule has 1 aromatic heterocycles. The molecule has 0 aliphatic carbocycles. The number of aryl methyl sites for hydroxylation is 3. The van der Waals surface area contributed by atoms with E-state index in [1.807, 2.05) is 0 Å². The maximum atomic E-state index is 14.6. The predicted molar refractivity (Wildman–Crippen MR) is 103 cm³/mol. The molecule has 0 unspecified atom stereocenters. The molecule has 0 spiro atoms. The number of halogens is 5. The van der Waals surface area contributed by atoms with Crippen molar-refractivity contribution in [3.8, 4) is 11.3 Å². The summed E-state index contributed by atoms with van der Waals surface area (Å²) < 4.78 is 67.2. The number of alkyl halides is 3. The number of hydrogen-bond acceptors (Lipinski definition) is 3. The molecular weight excluding hydrogens is 405 g/mol. The molecule has 0 saturated heterocycles. The van der Waals surface area contributed by atoms with Gasteiger partial charge in [-0.3, -0.25) is 9.48 Å². The fourth-order valence-electron chi connectivity index (χ4n) is 3.10. The van der Waals surface area contributed by atoms with Gasteiger partial charge in [0.2, 0.25) is 5.43 Å². The Morgan fingerprint density at radius 2 is 1.73 bits per heavy atom. The Balaban J connectivity index is 1.99. The molecule has 0 amide bonds. The van der Waals surface area contributed by atoms with Crippen LogP contribution in [-0.2, 0) is 19.8 Å². The quantitative estimate of drug-likeness (QED) is 0.603. The first-order valence-corrected chi connectivity index (χ1v) is 8.92. The molecule has 0 bridgehead atoms. The van der Waals surface area contributed by atoms with E-state index in [0.717, 1.165) is 7.05 Å². The molecule has 3 aromatic rings. The average Bonchev–Trinajstić information content (AvgIpc) is 2.63. The molecule has 2 aromatic carbocycles. The van der Waals surface area contributed by atoms with Gasteiger partial charge in [-0.25, -0.2) is 8.78 Å². The molecule has 1 heterocycles. The summed E-state index contributed by atoms with van der Waals surface area (Å²) in [5.41, 5.74) is -0.330. The zero-order chi connectivity index (χ0) is 22.2. The molecule has 0 fully saturated rings. The number of nitrogens with one attached hydrogen (secondary N) is 1. The van der Waals surface area contributed by atoms with E-state index >= 15 is 0 Å². The van der Waals surface area contributed by atoms with Crippen molar-refractivity contribution in [1.29, 1.82) is 0 Å². The van der Waals surface area contributed by atoms with E-state index in [4.69, 9.17) is 0 Å². The zero-order valence-corrected chi connectivity index (χ0v) is 16.4. The van der Waals surface area contributed by atoms with Crippen LogP contribution in [-0.4, -0.2) is 9.78 Å².